The first kappa shape index (κ1) is 14.7. The van der Waals surface area contributed by atoms with E-state index in [0.29, 0.717) is 23.5 Å². The second kappa shape index (κ2) is 4.69. The van der Waals surface area contributed by atoms with Gasteiger partial charge in [0.05, 0.1) is 12.2 Å². The van der Waals surface area contributed by atoms with E-state index in [9.17, 15) is 20.1 Å². The summed E-state index contributed by atoms with van der Waals surface area (Å²) in [7, 11) is 0. The van der Waals surface area contributed by atoms with Crippen LogP contribution in [0.4, 0.5) is 0 Å². The van der Waals surface area contributed by atoms with Crippen molar-refractivity contribution < 1.29 is 20.1 Å². The van der Waals surface area contributed by atoms with Gasteiger partial charge in [-0.1, -0.05) is 20.8 Å². The van der Waals surface area contributed by atoms with Crippen LogP contribution < -0.4 is 0 Å². The summed E-state index contributed by atoms with van der Waals surface area (Å²) in [6.07, 6.45) is -1.71. The predicted molar refractivity (Wildman–Crippen MR) is 71.4 cm³/mol. The van der Waals surface area contributed by atoms with E-state index in [4.69, 9.17) is 0 Å². The lowest BCUT2D eigenvalue weighted by atomic mass is 9.57. The number of hydrogen-bond acceptors (Lipinski definition) is 4. The van der Waals surface area contributed by atoms with E-state index in [1.54, 1.807) is 6.92 Å². The van der Waals surface area contributed by atoms with Crippen LogP contribution in [-0.4, -0.2) is 39.4 Å². The lowest BCUT2D eigenvalue weighted by molar-refractivity contribution is -0.141. The first-order valence-electron chi connectivity index (χ1n) is 7.01. The Bertz CT molecular complexity index is 426. The van der Waals surface area contributed by atoms with Crippen molar-refractivity contribution in [3.8, 4) is 0 Å². The van der Waals surface area contributed by atoms with E-state index >= 15 is 0 Å². The van der Waals surface area contributed by atoms with Crippen molar-refractivity contribution in [2.24, 2.45) is 17.3 Å². The molecule has 0 radical (unpaired) electrons. The molecule has 19 heavy (non-hydrogen) atoms. The van der Waals surface area contributed by atoms with Gasteiger partial charge in [0.25, 0.3) is 0 Å². The molecule has 2 aliphatic carbocycles. The topological polar surface area (TPSA) is 77.8 Å². The van der Waals surface area contributed by atoms with Gasteiger partial charge in [0, 0.05) is 5.41 Å². The number of carbonyl (C=O) groups is 1. The molecule has 0 saturated heterocycles. The van der Waals surface area contributed by atoms with Gasteiger partial charge in [-0.05, 0) is 42.7 Å². The molecule has 4 nitrogen and oxygen atoms in total. The van der Waals surface area contributed by atoms with Crippen LogP contribution in [0, 0.1) is 17.3 Å². The van der Waals surface area contributed by atoms with Crippen molar-refractivity contribution in [3.63, 3.8) is 0 Å². The number of hydrogen-bond donors (Lipinski definition) is 3. The van der Waals surface area contributed by atoms with Gasteiger partial charge in [-0.2, -0.15) is 0 Å². The number of rotatable bonds is 1. The third-order valence-corrected chi connectivity index (χ3v) is 5.16. The van der Waals surface area contributed by atoms with Crippen molar-refractivity contribution in [3.05, 3.63) is 11.1 Å². The smallest absolute Gasteiger partial charge is 0.189 e. The minimum atomic E-state index is -1.36. The molecule has 0 aliphatic heterocycles. The molecule has 0 aromatic carbocycles. The second-order valence-electron chi connectivity index (χ2n) is 6.60. The van der Waals surface area contributed by atoms with Crippen molar-refractivity contribution in [1.29, 1.82) is 0 Å². The fourth-order valence-electron chi connectivity index (χ4n) is 3.81. The third-order valence-electron chi connectivity index (χ3n) is 5.16. The maximum atomic E-state index is 12.0. The number of aliphatic hydroxyl groups excluding tert-OH is 3. The molecule has 3 N–H and O–H groups in total. The van der Waals surface area contributed by atoms with Gasteiger partial charge in [-0.15, -0.1) is 0 Å². The number of ketones is 1. The number of carbonyl (C=O) groups excluding carboxylic acids is 1. The molecule has 0 unspecified atom stereocenters. The monoisotopic (exact) mass is 268 g/mol. The fourth-order valence-corrected chi connectivity index (χ4v) is 3.81. The van der Waals surface area contributed by atoms with Crippen LogP contribution in [0.25, 0.3) is 0 Å². The maximum absolute atomic E-state index is 12.0. The Kier molecular flexibility index (Phi) is 3.62. The van der Waals surface area contributed by atoms with E-state index in [0.717, 1.165) is 6.42 Å². The lowest BCUT2D eigenvalue weighted by Gasteiger charge is -2.50. The van der Waals surface area contributed by atoms with Gasteiger partial charge >= 0.3 is 0 Å². The summed E-state index contributed by atoms with van der Waals surface area (Å²) < 4.78 is 0. The highest BCUT2D eigenvalue weighted by atomic mass is 16.3. The molecular weight excluding hydrogens is 244 g/mol. The summed E-state index contributed by atoms with van der Waals surface area (Å²) in [6, 6.07) is 0. The van der Waals surface area contributed by atoms with Crippen molar-refractivity contribution >= 4 is 5.78 Å². The van der Waals surface area contributed by atoms with E-state index < -0.39 is 29.5 Å². The molecule has 0 amide bonds. The van der Waals surface area contributed by atoms with Crippen molar-refractivity contribution in [2.75, 3.05) is 0 Å². The standard InChI is InChI=1S/C15H24O4/c1-7(2)9-5-6-15(4)10(12(9)17)8(3)11(16)13(18)14(15)19/h7,9,12-14,17-19H,5-6H2,1-4H3/t9-,12+,13+,14-,15-/m0/s1. The van der Waals surface area contributed by atoms with Gasteiger partial charge in [0.1, 0.15) is 6.10 Å². The largest absolute Gasteiger partial charge is 0.389 e. The highest BCUT2D eigenvalue weighted by Gasteiger charge is 2.54. The fraction of sp³-hybridized carbons (Fsp3) is 0.800. The molecule has 0 heterocycles. The quantitative estimate of drug-likeness (QED) is 0.664. The Morgan fingerprint density at radius 3 is 2.32 bits per heavy atom. The van der Waals surface area contributed by atoms with E-state index in [1.807, 2.05) is 6.92 Å². The van der Waals surface area contributed by atoms with Gasteiger partial charge in [-0.3, -0.25) is 4.79 Å². The van der Waals surface area contributed by atoms with Crippen LogP contribution in [0.1, 0.15) is 40.5 Å². The van der Waals surface area contributed by atoms with Crippen LogP contribution >= 0.6 is 0 Å². The Morgan fingerprint density at radius 1 is 1.21 bits per heavy atom. The summed E-state index contributed by atoms with van der Waals surface area (Å²) in [5, 5.41) is 30.7. The number of aliphatic hydroxyl groups is 3. The SMILES string of the molecule is CC1=C2[C@H](O)[C@H](C(C)C)CC[C@]2(C)[C@@H](O)[C@H](O)C1=O. The molecule has 1 fully saturated rings. The summed E-state index contributed by atoms with van der Waals surface area (Å²) in [5.41, 5.74) is 0.376. The van der Waals surface area contributed by atoms with Crippen LogP contribution in [0.15, 0.2) is 11.1 Å². The van der Waals surface area contributed by atoms with E-state index in [1.165, 1.54) is 0 Å². The molecule has 0 aromatic heterocycles. The lowest BCUT2D eigenvalue weighted by Crippen LogP contribution is -2.56. The van der Waals surface area contributed by atoms with Crippen LogP contribution in [0.3, 0.4) is 0 Å². The van der Waals surface area contributed by atoms with Crippen LogP contribution in [-0.2, 0) is 4.79 Å². The molecule has 0 bridgehead atoms. The maximum Gasteiger partial charge on any atom is 0.189 e. The average molecular weight is 268 g/mol. The normalized spacial score (nSPS) is 43.7. The Hall–Kier alpha value is -0.710. The molecule has 4 heteroatoms. The molecular formula is C15H24O4. The van der Waals surface area contributed by atoms with Crippen LogP contribution in [0.5, 0.6) is 0 Å². The van der Waals surface area contributed by atoms with Gasteiger partial charge in [-0.25, -0.2) is 0 Å². The van der Waals surface area contributed by atoms with Gasteiger partial charge < -0.3 is 15.3 Å². The predicted octanol–water partition coefficient (Wildman–Crippen LogP) is 1.04. The second-order valence-corrected chi connectivity index (χ2v) is 6.60. The van der Waals surface area contributed by atoms with Crippen molar-refractivity contribution in [1.82, 2.24) is 0 Å². The van der Waals surface area contributed by atoms with E-state index in [2.05, 4.69) is 13.8 Å². The Morgan fingerprint density at radius 2 is 1.79 bits per heavy atom. The summed E-state index contributed by atoms with van der Waals surface area (Å²) >= 11 is 0. The number of fused-ring (bicyclic) bond motifs is 1. The molecule has 1 saturated carbocycles. The zero-order chi connectivity index (χ0) is 14.5. The van der Waals surface area contributed by atoms with Crippen molar-refractivity contribution in [2.45, 2.75) is 58.8 Å². The highest BCUT2D eigenvalue weighted by molar-refractivity contribution is 6.01. The highest BCUT2D eigenvalue weighted by Crippen LogP contribution is 2.51. The first-order chi connectivity index (χ1) is 8.71. The first-order valence-corrected chi connectivity index (χ1v) is 7.01. The molecule has 108 valence electrons. The summed E-state index contributed by atoms with van der Waals surface area (Å²) in [6.45, 7) is 7.60. The van der Waals surface area contributed by atoms with Crippen LogP contribution in [0.2, 0.25) is 0 Å². The van der Waals surface area contributed by atoms with E-state index in [-0.39, 0.29) is 5.92 Å². The zero-order valence-corrected chi connectivity index (χ0v) is 12.1. The third kappa shape index (κ3) is 1.97. The zero-order valence-electron chi connectivity index (χ0n) is 12.1. The Labute approximate surface area is 114 Å². The molecule has 2 rings (SSSR count). The summed E-state index contributed by atoms with van der Waals surface area (Å²) in [5.74, 6) is -0.0318. The van der Waals surface area contributed by atoms with Gasteiger partial charge in [0.15, 0.2) is 5.78 Å². The number of Topliss-reactive ketones (excluding diaryl/α,β-unsaturated/α-hetero) is 1. The minimum absolute atomic E-state index is 0.105. The summed E-state index contributed by atoms with van der Waals surface area (Å²) in [4.78, 5) is 12.0. The molecule has 0 aromatic rings. The minimum Gasteiger partial charge on any atom is -0.389 e. The molecule has 0 spiro atoms. The van der Waals surface area contributed by atoms with Gasteiger partial charge in [0.2, 0.25) is 0 Å². The molecule has 5 atom stereocenters. The Balaban J connectivity index is 2.52. The average Bonchev–Trinajstić information content (AvgIpc) is 2.33. The molecule has 2 aliphatic rings.